The summed E-state index contributed by atoms with van der Waals surface area (Å²) in [5, 5.41) is 14.2. The highest BCUT2D eigenvalue weighted by atomic mass is 16.4. The van der Waals surface area contributed by atoms with E-state index >= 15 is 0 Å². The Morgan fingerprint density at radius 1 is 1.28 bits per heavy atom. The van der Waals surface area contributed by atoms with Gasteiger partial charge in [0.15, 0.2) is 0 Å². The van der Waals surface area contributed by atoms with Gasteiger partial charge in [0.25, 0.3) is 0 Å². The van der Waals surface area contributed by atoms with Crippen molar-refractivity contribution in [1.82, 2.24) is 10.6 Å². The summed E-state index contributed by atoms with van der Waals surface area (Å²) < 4.78 is 0. The second-order valence-electron chi connectivity index (χ2n) is 5.23. The van der Waals surface area contributed by atoms with Crippen LogP contribution in [0.3, 0.4) is 0 Å². The number of carboxylic acids is 1. The molecule has 1 saturated carbocycles. The zero-order valence-electron chi connectivity index (χ0n) is 11.2. The highest BCUT2D eigenvalue weighted by Gasteiger charge is 2.21. The summed E-state index contributed by atoms with van der Waals surface area (Å²) >= 11 is 0. The Bertz CT molecular complexity index is 294. The van der Waals surface area contributed by atoms with Crippen molar-refractivity contribution in [2.24, 2.45) is 5.92 Å². The molecule has 3 N–H and O–H groups in total. The van der Waals surface area contributed by atoms with Gasteiger partial charge in [0, 0.05) is 6.04 Å². The fourth-order valence-electron chi connectivity index (χ4n) is 2.36. The Kier molecular flexibility index (Phi) is 5.95. The molecule has 0 aliphatic heterocycles. The largest absolute Gasteiger partial charge is 0.480 e. The van der Waals surface area contributed by atoms with Crippen molar-refractivity contribution in [3.63, 3.8) is 0 Å². The molecule has 5 heteroatoms. The number of hydrogen-bond donors (Lipinski definition) is 3. The number of urea groups is 1. The Hall–Kier alpha value is -1.26. The van der Waals surface area contributed by atoms with E-state index in [-0.39, 0.29) is 12.1 Å². The third-order valence-electron chi connectivity index (χ3n) is 3.60. The number of carboxylic acid groups (broad SMARTS) is 1. The average molecular weight is 256 g/mol. The molecule has 2 unspecified atom stereocenters. The molecule has 0 bridgehead atoms. The van der Waals surface area contributed by atoms with E-state index in [0.717, 1.165) is 31.6 Å². The highest BCUT2D eigenvalue weighted by Crippen LogP contribution is 2.22. The van der Waals surface area contributed by atoms with Gasteiger partial charge >= 0.3 is 12.0 Å². The number of carbonyl (C=O) groups is 2. The van der Waals surface area contributed by atoms with E-state index in [1.165, 1.54) is 6.42 Å². The Morgan fingerprint density at radius 3 is 2.61 bits per heavy atom. The van der Waals surface area contributed by atoms with Crippen LogP contribution in [0.15, 0.2) is 0 Å². The lowest BCUT2D eigenvalue weighted by Crippen LogP contribution is -2.48. The molecule has 1 fully saturated rings. The van der Waals surface area contributed by atoms with Crippen LogP contribution in [-0.2, 0) is 4.79 Å². The molecule has 0 heterocycles. The van der Waals surface area contributed by atoms with Crippen LogP contribution < -0.4 is 10.6 Å². The molecule has 2 amide bonds. The highest BCUT2D eigenvalue weighted by molar-refractivity contribution is 5.82. The molecule has 1 aliphatic rings. The monoisotopic (exact) mass is 256 g/mol. The lowest BCUT2D eigenvalue weighted by molar-refractivity contribution is -0.139. The minimum absolute atomic E-state index is 0.182. The summed E-state index contributed by atoms with van der Waals surface area (Å²) in [6.45, 7) is 3.98. The summed E-state index contributed by atoms with van der Waals surface area (Å²) in [5.41, 5.74) is 0. The number of rotatable bonds is 4. The third kappa shape index (κ3) is 4.94. The predicted molar refractivity (Wildman–Crippen MR) is 69.4 cm³/mol. The zero-order chi connectivity index (χ0) is 13.5. The molecule has 0 aromatic heterocycles. The van der Waals surface area contributed by atoms with Gasteiger partial charge in [-0.15, -0.1) is 0 Å². The van der Waals surface area contributed by atoms with E-state index in [4.69, 9.17) is 5.11 Å². The number of amides is 2. The summed E-state index contributed by atoms with van der Waals surface area (Å²) in [6, 6.07) is -0.972. The van der Waals surface area contributed by atoms with Crippen LogP contribution >= 0.6 is 0 Å². The van der Waals surface area contributed by atoms with Crippen molar-refractivity contribution in [3.05, 3.63) is 0 Å². The molecule has 0 spiro atoms. The third-order valence-corrected chi connectivity index (χ3v) is 3.60. The number of hydrogen-bond acceptors (Lipinski definition) is 2. The van der Waals surface area contributed by atoms with E-state index in [0.29, 0.717) is 6.42 Å². The van der Waals surface area contributed by atoms with Gasteiger partial charge in [0.1, 0.15) is 6.04 Å². The Morgan fingerprint density at radius 2 is 2.00 bits per heavy atom. The molecule has 0 saturated heterocycles. The van der Waals surface area contributed by atoms with Gasteiger partial charge in [0.05, 0.1) is 0 Å². The molecule has 18 heavy (non-hydrogen) atoms. The van der Waals surface area contributed by atoms with Crippen LogP contribution in [0, 0.1) is 5.92 Å². The van der Waals surface area contributed by atoms with Gasteiger partial charge in [0.2, 0.25) is 0 Å². The molecule has 104 valence electrons. The van der Waals surface area contributed by atoms with Crippen LogP contribution in [0.5, 0.6) is 0 Å². The quantitative estimate of drug-likeness (QED) is 0.674. The SMILES string of the molecule is CC[C@H](NC(=O)NC1CCCC(C)CC1)C(=O)O. The number of aliphatic carboxylic acids is 1. The lowest BCUT2D eigenvalue weighted by atomic mass is 10.0. The van der Waals surface area contributed by atoms with Gasteiger partial charge in [-0.05, 0) is 31.6 Å². The van der Waals surface area contributed by atoms with Gasteiger partial charge in [-0.2, -0.15) is 0 Å². The van der Waals surface area contributed by atoms with Crippen LogP contribution in [0.2, 0.25) is 0 Å². The maximum atomic E-state index is 11.7. The lowest BCUT2D eigenvalue weighted by Gasteiger charge is -2.19. The zero-order valence-corrected chi connectivity index (χ0v) is 11.2. The van der Waals surface area contributed by atoms with Gasteiger partial charge < -0.3 is 15.7 Å². The van der Waals surface area contributed by atoms with Crippen LogP contribution in [0.25, 0.3) is 0 Å². The van der Waals surface area contributed by atoms with E-state index in [2.05, 4.69) is 17.6 Å². The van der Waals surface area contributed by atoms with Crippen LogP contribution in [0.1, 0.15) is 52.4 Å². The van der Waals surface area contributed by atoms with Crippen molar-refractivity contribution in [1.29, 1.82) is 0 Å². The Labute approximate surface area is 108 Å². The predicted octanol–water partition coefficient (Wildman–Crippen LogP) is 2.12. The van der Waals surface area contributed by atoms with E-state index < -0.39 is 12.0 Å². The maximum absolute atomic E-state index is 11.7. The van der Waals surface area contributed by atoms with Crippen molar-refractivity contribution in [2.45, 2.75) is 64.5 Å². The molecule has 3 atom stereocenters. The first-order valence-corrected chi connectivity index (χ1v) is 6.82. The molecule has 0 radical (unpaired) electrons. The smallest absolute Gasteiger partial charge is 0.326 e. The van der Waals surface area contributed by atoms with E-state index in [9.17, 15) is 9.59 Å². The average Bonchev–Trinajstić information content (AvgIpc) is 2.51. The topological polar surface area (TPSA) is 78.4 Å². The minimum atomic E-state index is -0.984. The summed E-state index contributed by atoms with van der Waals surface area (Å²) in [6.07, 6.45) is 5.83. The number of nitrogens with one attached hydrogen (secondary N) is 2. The molecule has 1 rings (SSSR count). The standard InChI is InChI=1S/C13H24N2O3/c1-3-11(12(16)17)15-13(18)14-10-6-4-5-9(2)7-8-10/h9-11H,3-8H2,1-2H3,(H,16,17)(H2,14,15,18)/t9?,10?,11-/m0/s1. The summed E-state index contributed by atoms with van der Waals surface area (Å²) in [7, 11) is 0. The molecule has 5 nitrogen and oxygen atoms in total. The van der Waals surface area contributed by atoms with Crippen molar-refractivity contribution >= 4 is 12.0 Å². The summed E-state index contributed by atoms with van der Waals surface area (Å²) in [5.74, 6) is -0.260. The van der Waals surface area contributed by atoms with Gasteiger partial charge in [-0.3, -0.25) is 0 Å². The molecular weight excluding hydrogens is 232 g/mol. The normalized spacial score (nSPS) is 25.9. The molecule has 0 aromatic carbocycles. The van der Waals surface area contributed by atoms with Crippen molar-refractivity contribution in [3.8, 4) is 0 Å². The van der Waals surface area contributed by atoms with Crippen LogP contribution in [0.4, 0.5) is 4.79 Å². The van der Waals surface area contributed by atoms with Crippen LogP contribution in [-0.4, -0.2) is 29.2 Å². The van der Waals surface area contributed by atoms with Crippen molar-refractivity contribution < 1.29 is 14.7 Å². The molecule has 0 aromatic rings. The van der Waals surface area contributed by atoms with Gasteiger partial charge in [-0.1, -0.05) is 26.7 Å². The number of carbonyl (C=O) groups excluding carboxylic acids is 1. The first-order chi connectivity index (χ1) is 8.52. The van der Waals surface area contributed by atoms with E-state index in [1.54, 1.807) is 6.92 Å². The molecular formula is C13H24N2O3. The van der Waals surface area contributed by atoms with Crippen molar-refractivity contribution in [2.75, 3.05) is 0 Å². The molecule has 1 aliphatic carbocycles. The maximum Gasteiger partial charge on any atom is 0.326 e. The first-order valence-electron chi connectivity index (χ1n) is 6.82. The second kappa shape index (κ2) is 7.24. The second-order valence-corrected chi connectivity index (χ2v) is 5.23. The van der Waals surface area contributed by atoms with Gasteiger partial charge in [-0.25, -0.2) is 9.59 Å². The fraction of sp³-hybridized carbons (Fsp3) is 0.846. The Balaban J connectivity index is 2.37. The summed E-state index contributed by atoms with van der Waals surface area (Å²) in [4.78, 5) is 22.5. The minimum Gasteiger partial charge on any atom is -0.480 e. The first kappa shape index (κ1) is 14.8. The van der Waals surface area contributed by atoms with E-state index in [1.807, 2.05) is 0 Å². The fourth-order valence-corrected chi connectivity index (χ4v) is 2.36.